The number of hydrogen-bond acceptors (Lipinski definition) is 3. The summed E-state index contributed by atoms with van der Waals surface area (Å²) in [6.45, 7) is 9.67. The van der Waals surface area contributed by atoms with Crippen molar-refractivity contribution in [2.45, 2.75) is 58.4 Å². The van der Waals surface area contributed by atoms with Gasteiger partial charge in [-0.15, -0.1) is 0 Å². The Morgan fingerprint density at radius 3 is 2.47 bits per heavy atom. The first-order valence-corrected chi connectivity index (χ1v) is 7.76. The van der Waals surface area contributed by atoms with Crippen molar-refractivity contribution in [3.05, 3.63) is 0 Å². The molecule has 1 rings (SSSR count). The van der Waals surface area contributed by atoms with Crippen LogP contribution in [0.4, 0.5) is 0 Å². The van der Waals surface area contributed by atoms with Gasteiger partial charge in [-0.1, -0.05) is 27.2 Å². The average Bonchev–Trinajstić information content (AvgIpc) is 2.58. The van der Waals surface area contributed by atoms with Gasteiger partial charge in [-0.05, 0) is 44.1 Å². The van der Waals surface area contributed by atoms with E-state index in [1.807, 2.05) is 0 Å². The highest BCUT2D eigenvalue weighted by Crippen LogP contribution is 2.41. The zero-order chi connectivity index (χ0) is 14.5. The summed E-state index contributed by atoms with van der Waals surface area (Å²) >= 11 is 0. The predicted octanol–water partition coefficient (Wildman–Crippen LogP) is 2.89. The van der Waals surface area contributed by atoms with Crippen molar-refractivity contribution in [3.63, 3.8) is 0 Å². The smallest absolute Gasteiger partial charge is 0.0589 e. The minimum absolute atomic E-state index is 0.193. The molecular formula is C16H34N2O. The molecule has 2 N–H and O–H groups in total. The van der Waals surface area contributed by atoms with Crippen molar-refractivity contribution >= 4 is 0 Å². The lowest BCUT2D eigenvalue weighted by atomic mass is 9.76. The summed E-state index contributed by atoms with van der Waals surface area (Å²) in [5.74, 6) is 0.830. The first-order chi connectivity index (χ1) is 8.85. The zero-order valence-electron chi connectivity index (χ0n) is 13.7. The van der Waals surface area contributed by atoms with Crippen LogP contribution in [-0.4, -0.2) is 44.3 Å². The highest BCUT2D eigenvalue weighted by Gasteiger charge is 2.37. The number of ether oxygens (including phenoxy) is 1. The molecule has 2 unspecified atom stereocenters. The van der Waals surface area contributed by atoms with Crippen molar-refractivity contribution in [2.75, 3.05) is 33.9 Å². The van der Waals surface area contributed by atoms with Crippen LogP contribution in [0, 0.1) is 11.3 Å². The van der Waals surface area contributed by atoms with Gasteiger partial charge in [0, 0.05) is 25.7 Å². The molecule has 0 spiro atoms. The predicted molar refractivity (Wildman–Crippen MR) is 82.3 cm³/mol. The molecule has 0 aromatic heterocycles. The lowest BCUT2D eigenvalue weighted by Gasteiger charge is -2.41. The summed E-state index contributed by atoms with van der Waals surface area (Å²) < 4.78 is 5.22. The number of rotatable bonds is 5. The second-order valence-electron chi connectivity index (χ2n) is 7.34. The van der Waals surface area contributed by atoms with Gasteiger partial charge >= 0.3 is 0 Å². The van der Waals surface area contributed by atoms with Crippen LogP contribution in [0.15, 0.2) is 0 Å². The Morgan fingerprint density at radius 1 is 1.26 bits per heavy atom. The normalized spacial score (nSPS) is 29.5. The maximum atomic E-state index is 6.15. The number of likely N-dealkylation sites (N-methyl/N-ethyl adjacent to an activating group) is 1. The van der Waals surface area contributed by atoms with E-state index in [1.54, 1.807) is 7.11 Å². The van der Waals surface area contributed by atoms with Crippen molar-refractivity contribution < 1.29 is 4.74 Å². The van der Waals surface area contributed by atoms with E-state index in [9.17, 15) is 0 Å². The van der Waals surface area contributed by atoms with E-state index in [0.29, 0.717) is 5.41 Å². The molecule has 0 bridgehead atoms. The summed E-state index contributed by atoms with van der Waals surface area (Å²) in [6, 6.07) is 0. The van der Waals surface area contributed by atoms with Gasteiger partial charge in [0.25, 0.3) is 0 Å². The number of nitrogens with two attached hydrogens (primary N) is 1. The van der Waals surface area contributed by atoms with E-state index in [1.165, 1.54) is 32.1 Å². The molecule has 0 saturated heterocycles. The van der Waals surface area contributed by atoms with Crippen LogP contribution >= 0.6 is 0 Å². The molecule has 0 amide bonds. The Hall–Kier alpha value is -0.120. The quantitative estimate of drug-likeness (QED) is 0.781. The molecule has 19 heavy (non-hydrogen) atoms. The van der Waals surface area contributed by atoms with Crippen LogP contribution in [0.1, 0.15) is 52.9 Å². The molecule has 1 aliphatic rings. The molecule has 0 aliphatic heterocycles. The summed E-state index contributed by atoms with van der Waals surface area (Å²) in [5.41, 5.74) is 6.77. The molecule has 3 heteroatoms. The first-order valence-electron chi connectivity index (χ1n) is 7.76. The molecule has 114 valence electrons. The third kappa shape index (κ3) is 4.44. The Kier molecular flexibility index (Phi) is 6.28. The third-order valence-corrected chi connectivity index (χ3v) is 5.20. The fraction of sp³-hybridized carbons (Fsp3) is 1.00. The van der Waals surface area contributed by atoms with Crippen LogP contribution in [0.25, 0.3) is 0 Å². The maximum absolute atomic E-state index is 6.15. The monoisotopic (exact) mass is 270 g/mol. The molecule has 3 nitrogen and oxygen atoms in total. The Labute approximate surface area is 119 Å². The zero-order valence-corrected chi connectivity index (χ0v) is 13.7. The SMILES string of the molecule is COCCN(C)C1(CN)CCCC(C(C)(C)C)CC1. The molecule has 0 radical (unpaired) electrons. The molecule has 2 atom stereocenters. The van der Waals surface area contributed by atoms with Crippen molar-refractivity contribution in [3.8, 4) is 0 Å². The fourth-order valence-electron chi connectivity index (χ4n) is 3.46. The molecule has 1 fully saturated rings. The fourth-order valence-corrected chi connectivity index (χ4v) is 3.46. The molecule has 1 saturated carbocycles. The van der Waals surface area contributed by atoms with Gasteiger partial charge in [0.2, 0.25) is 0 Å². The number of nitrogens with zero attached hydrogens (tertiary/aromatic N) is 1. The summed E-state index contributed by atoms with van der Waals surface area (Å²) in [6.07, 6.45) is 6.42. The topological polar surface area (TPSA) is 38.5 Å². The molecule has 0 aromatic carbocycles. The van der Waals surface area contributed by atoms with Gasteiger partial charge in [-0.2, -0.15) is 0 Å². The van der Waals surface area contributed by atoms with Gasteiger partial charge in [0.05, 0.1) is 6.61 Å². The third-order valence-electron chi connectivity index (χ3n) is 5.20. The average molecular weight is 270 g/mol. The minimum Gasteiger partial charge on any atom is -0.383 e. The van der Waals surface area contributed by atoms with Gasteiger partial charge in [0.15, 0.2) is 0 Å². The van der Waals surface area contributed by atoms with Crippen molar-refractivity contribution in [1.82, 2.24) is 4.90 Å². The minimum atomic E-state index is 0.193. The highest BCUT2D eigenvalue weighted by atomic mass is 16.5. The standard InChI is InChI=1S/C16H34N2O/c1-15(2,3)14-7-6-9-16(13-17,10-8-14)18(4)11-12-19-5/h14H,6-13,17H2,1-5H3. The summed E-state index contributed by atoms with van der Waals surface area (Å²) in [4.78, 5) is 2.45. The van der Waals surface area contributed by atoms with Gasteiger partial charge < -0.3 is 10.5 Å². The van der Waals surface area contributed by atoms with E-state index < -0.39 is 0 Å². The maximum Gasteiger partial charge on any atom is 0.0589 e. The molecular weight excluding hydrogens is 236 g/mol. The van der Waals surface area contributed by atoms with E-state index in [4.69, 9.17) is 10.5 Å². The summed E-state index contributed by atoms with van der Waals surface area (Å²) in [7, 11) is 3.98. The van der Waals surface area contributed by atoms with Crippen LogP contribution in [0.2, 0.25) is 0 Å². The van der Waals surface area contributed by atoms with E-state index in [2.05, 4.69) is 32.7 Å². The lowest BCUT2D eigenvalue weighted by Crippen LogP contribution is -2.52. The van der Waals surface area contributed by atoms with Crippen LogP contribution in [-0.2, 0) is 4.74 Å². The highest BCUT2D eigenvalue weighted by molar-refractivity contribution is 4.94. The number of hydrogen-bond donors (Lipinski definition) is 1. The second kappa shape index (κ2) is 7.05. The number of methoxy groups -OCH3 is 1. The van der Waals surface area contributed by atoms with Crippen molar-refractivity contribution in [2.24, 2.45) is 17.1 Å². The van der Waals surface area contributed by atoms with E-state index >= 15 is 0 Å². The van der Waals surface area contributed by atoms with Crippen LogP contribution in [0.3, 0.4) is 0 Å². The summed E-state index contributed by atoms with van der Waals surface area (Å²) in [5, 5.41) is 0. The Bertz CT molecular complexity index is 262. The van der Waals surface area contributed by atoms with Gasteiger partial charge in [-0.25, -0.2) is 0 Å². The molecule has 0 aromatic rings. The Balaban J connectivity index is 2.69. The largest absolute Gasteiger partial charge is 0.383 e. The van der Waals surface area contributed by atoms with Gasteiger partial charge in [-0.3, -0.25) is 4.90 Å². The van der Waals surface area contributed by atoms with E-state index in [-0.39, 0.29) is 5.54 Å². The first kappa shape index (κ1) is 16.9. The van der Waals surface area contributed by atoms with Crippen LogP contribution < -0.4 is 5.73 Å². The van der Waals surface area contributed by atoms with Crippen molar-refractivity contribution in [1.29, 1.82) is 0 Å². The van der Waals surface area contributed by atoms with E-state index in [0.717, 1.165) is 25.6 Å². The van der Waals surface area contributed by atoms with Crippen LogP contribution in [0.5, 0.6) is 0 Å². The molecule has 0 heterocycles. The second-order valence-corrected chi connectivity index (χ2v) is 7.34. The Morgan fingerprint density at radius 2 is 1.95 bits per heavy atom. The van der Waals surface area contributed by atoms with Gasteiger partial charge in [0.1, 0.15) is 0 Å². The lowest BCUT2D eigenvalue weighted by molar-refractivity contribution is 0.0691. The molecule has 1 aliphatic carbocycles.